The minimum atomic E-state index is -0.946. The maximum Gasteiger partial charge on any atom is 0.347 e. The van der Waals surface area contributed by atoms with Gasteiger partial charge in [0.25, 0.3) is 5.91 Å². The van der Waals surface area contributed by atoms with E-state index in [2.05, 4.69) is 5.32 Å². The van der Waals surface area contributed by atoms with Gasteiger partial charge in [0.15, 0.2) is 12.7 Å². The molecule has 26 heavy (non-hydrogen) atoms. The number of nitriles is 1. The van der Waals surface area contributed by atoms with Crippen molar-refractivity contribution in [2.45, 2.75) is 19.4 Å². The summed E-state index contributed by atoms with van der Waals surface area (Å²) in [6, 6.07) is 14.0. The average Bonchev–Trinajstić information content (AvgIpc) is 2.63. The van der Waals surface area contributed by atoms with Crippen LogP contribution < -0.4 is 10.1 Å². The Morgan fingerprint density at radius 3 is 2.42 bits per heavy atom. The second kappa shape index (κ2) is 9.18. The molecule has 0 heterocycles. The molecule has 1 atom stereocenters. The third-order valence-corrected chi connectivity index (χ3v) is 3.32. The van der Waals surface area contributed by atoms with E-state index in [4.69, 9.17) is 14.7 Å². The van der Waals surface area contributed by atoms with Gasteiger partial charge in [0.2, 0.25) is 0 Å². The van der Waals surface area contributed by atoms with Crippen LogP contribution in [0.25, 0.3) is 0 Å². The van der Waals surface area contributed by atoms with Gasteiger partial charge >= 0.3 is 5.97 Å². The van der Waals surface area contributed by atoms with Crippen LogP contribution >= 0.6 is 0 Å². The van der Waals surface area contributed by atoms with E-state index in [9.17, 15) is 14.0 Å². The number of esters is 1. The van der Waals surface area contributed by atoms with E-state index in [0.717, 1.165) is 5.56 Å². The van der Waals surface area contributed by atoms with Gasteiger partial charge in [0, 0.05) is 5.69 Å². The summed E-state index contributed by atoms with van der Waals surface area (Å²) >= 11 is 0. The van der Waals surface area contributed by atoms with E-state index in [1.54, 1.807) is 24.3 Å². The first-order valence-corrected chi connectivity index (χ1v) is 7.82. The zero-order valence-corrected chi connectivity index (χ0v) is 14.1. The summed E-state index contributed by atoms with van der Waals surface area (Å²) in [5.41, 5.74) is 1.37. The number of ether oxygens (including phenoxy) is 2. The third kappa shape index (κ3) is 5.91. The number of nitrogens with one attached hydrogen (secondary N) is 1. The highest BCUT2D eigenvalue weighted by molar-refractivity contribution is 5.93. The van der Waals surface area contributed by atoms with Gasteiger partial charge in [0.05, 0.1) is 12.5 Å². The highest BCUT2D eigenvalue weighted by Gasteiger charge is 2.18. The van der Waals surface area contributed by atoms with Crippen molar-refractivity contribution in [3.8, 4) is 11.8 Å². The number of carbonyl (C=O) groups is 2. The van der Waals surface area contributed by atoms with E-state index >= 15 is 0 Å². The second-order valence-electron chi connectivity index (χ2n) is 5.40. The Morgan fingerprint density at radius 1 is 1.15 bits per heavy atom. The lowest BCUT2D eigenvalue weighted by molar-refractivity contribution is -0.153. The zero-order valence-electron chi connectivity index (χ0n) is 14.1. The largest absolute Gasteiger partial charge is 0.479 e. The first-order valence-electron chi connectivity index (χ1n) is 7.82. The van der Waals surface area contributed by atoms with Crippen LogP contribution in [0.1, 0.15) is 12.5 Å². The quantitative estimate of drug-likeness (QED) is 0.771. The van der Waals surface area contributed by atoms with Crippen LogP contribution in [0.5, 0.6) is 5.75 Å². The summed E-state index contributed by atoms with van der Waals surface area (Å²) < 4.78 is 23.0. The van der Waals surface area contributed by atoms with Gasteiger partial charge in [-0.3, -0.25) is 4.79 Å². The Labute approximate surface area is 150 Å². The summed E-state index contributed by atoms with van der Waals surface area (Å²) in [7, 11) is 0. The van der Waals surface area contributed by atoms with Crippen LogP contribution in [0.4, 0.5) is 10.1 Å². The molecule has 2 aromatic rings. The van der Waals surface area contributed by atoms with Gasteiger partial charge in [-0.2, -0.15) is 5.26 Å². The topological polar surface area (TPSA) is 88.4 Å². The predicted octanol–water partition coefficient (Wildman–Crippen LogP) is 2.84. The summed E-state index contributed by atoms with van der Waals surface area (Å²) in [6.07, 6.45) is -0.656. The molecule has 1 N–H and O–H groups in total. The smallest absolute Gasteiger partial charge is 0.347 e. The summed E-state index contributed by atoms with van der Waals surface area (Å²) in [6.45, 7) is 1.01. The maximum atomic E-state index is 12.8. The SMILES string of the molecule is C[C@H](Oc1ccc(F)cc1)C(=O)OCC(=O)Nc1ccc(CC#N)cc1. The monoisotopic (exact) mass is 356 g/mol. The fourth-order valence-electron chi connectivity index (χ4n) is 2.01. The predicted molar refractivity (Wildman–Crippen MR) is 91.8 cm³/mol. The number of nitrogens with zero attached hydrogens (tertiary/aromatic N) is 1. The van der Waals surface area contributed by atoms with Gasteiger partial charge in [-0.1, -0.05) is 12.1 Å². The molecule has 0 fully saturated rings. The average molecular weight is 356 g/mol. The molecule has 0 aliphatic heterocycles. The van der Waals surface area contributed by atoms with Crippen LogP contribution in [0.3, 0.4) is 0 Å². The molecule has 2 rings (SSSR count). The summed E-state index contributed by atoms with van der Waals surface area (Å²) in [5, 5.41) is 11.2. The number of hydrogen-bond donors (Lipinski definition) is 1. The molecular formula is C19H17FN2O4. The molecule has 0 spiro atoms. The standard InChI is InChI=1S/C19H17FN2O4/c1-13(26-17-8-4-15(20)5-9-17)19(24)25-12-18(23)22-16-6-2-14(3-7-16)10-11-21/h2-9,13H,10,12H2,1H3,(H,22,23)/t13-/m0/s1. The van der Waals surface area contributed by atoms with Crippen molar-refractivity contribution < 1.29 is 23.5 Å². The van der Waals surface area contributed by atoms with E-state index in [0.29, 0.717) is 11.4 Å². The number of hydrogen-bond acceptors (Lipinski definition) is 5. The molecule has 134 valence electrons. The number of benzene rings is 2. The lowest BCUT2D eigenvalue weighted by Gasteiger charge is -2.14. The molecule has 0 radical (unpaired) electrons. The van der Waals surface area contributed by atoms with Crippen LogP contribution in [0.15, 0.2) is 48.5 Å². The van der Waals surface area contributed by atoms with Crippen molar-refractivity contribution in [2.75, 3.05) is 11.9 Å². The maximum absolute atomic E-state index is 12.8. The van der Waals surface area contributed by atoms with Crippen LogP contribution in [0, 0.1) is 17.1 Å². The first-order chi connectivity index (χ1) is 12.5. The number of anilines is 1. The molecule has 1 amide bonds. The number of amides is 1. The fraction of sp³-hybridized carbons (Fsp3) is 0.211. The Morgan fingerprint density at radius 2 is 1.81 bits per heavy atom. The van der Waals surface area contributed by atoms with Crippen molar-refractivity contribution >= 4 is 17.6 Å². The molecule has 0 aliphatic rings. The van der Waals surface area contributed by atoms with E-state index < -0.39 is 30.4 Å². The van der Waals surface area contributed by atoms with Crippen LogP contribution in [-0.2, 0) is 20.7 Å². The van der Waals surface area contributed by atoms with E-state index in [-0.39, 0.29) is 6.42 Å². The van der Waals surface area contributed by atoms with Gasteiger partial charge in [-0.15, -0.1) is 0 Å². The molecule has 0 saturated carbocycles. The number of rotatable bonds is 7. The lowest BCUT2D eigenvalue weighted by atomic mass is 10.1. The Bertz CT molecular complexity index is 798. The van der Waals surface area contributed by atoms with E-state index in [1.807, 2.05) is 6.07 Å². The molecule has 0 saturated heterocycles. The Hall–Kier alpha value is -3.40. The molecule has 7 heteroatoms. The van der Waals surface area contributed by atoms with E-state index in [1.165, 1.54) is 31.2 Å². The van der Waals surface area contributed by atoms with Gasteiger partial charge in [-0.05, 0) is 48.9 Å². The molecule has 0 bridgehead atoms. The molecule has 2 aromatic carbocycles. The van der Waals surface area contributed by atoms with Gasteiger partial charge < -0.3 is 14.8 Å². The summed E-state index contributed by atoms with van der Waals surface area (Å²) in [4.78, 5) is 23.7. The van der Waals surface area contributed by atoms with Crippen molar-refractivity contribution in [1.82, 2.24) is 0 Å². The highest BCUT2D eigenvalue weighted by Crippen LogP contribution is 2.14. The van der Waals surface area contributed by atoms with Crippen LogP contribution in [-0.4, -0.2) is 24.6 Å². The fourth-order valence-corrected chi connectivity index (χ4v) is 2.01. The van der Waals surface area contributed by atoms with Crippen LogP contribution in [0.2, 0.25) is 0 Å². The zero-order chi connectivity index (χ0) is 18.9. The number of halogens is 1. The molecule has 6 nitrogen and oxygen atoms in total. The Kier molecular flexibility index (Phi) is 6.68. The molecule has 0 unspecified atom stereocenters. The Balaban J connectivity index is 1.77. The summed E-state index contributed by atoms with van der Waals surface area (Å²) in [5.74, 6) is -1.31. The van der Waals surface area contributed by atoms with Crippen molar-refractivity contribution in [2.24, 2.45) is 0 Å². The van der Waals surface area contributed by atoms with Crippen molar-refractivity contribution in [3.63, 3.8) is 0 Å². The molecule has 0 aromatic heterocycles. The first kappa shape index (κ1) is 18.9. The number of carbonyl (C=O) groups excluding carboxylic acids is 2. The van der Waals surface area contributed by atoms with Crippen molar-refractivity contribution in [3.05, 3.63) is 59.9 Å². The second-order valence-corrected chi connectivity index (χ2v) is 5.40. The van der Waals surface area contributed by atoms with Gasteiger partial charge in [-0.25, -0.2) is 9.18 Å². The minimum Gasteiger partial charge on any atom is -0.479 e. The molecular weight excluding hydrogens is 339 g/mol. The highest BCUT2D eigenvalue weighted by atomic mass is 19.1. The normalized spacial score (nSPS) is 11.1. The minimum absolute atomic E-state index is 0.289. The van der Waals surface area contributed by atoms with Gasteiger partial charge in [0.1, 0.15) is 11.6 Å². The lowest BCUT2D eigenvalue weighted by Crippen LogP contribution is -2.29. The van der Waals surface area contributed by atoms with Crippen molar-refractivity contribution in [1.29, 1.82) is 5.26 Å². The third-order valence-electron chi connectivity index (χ3n) is 3.32. The molecule has 0 aliphatic carbocycles.